The van der Waals surface area contributed by atoms with Crippen molar-refractivity contribution in [2.75, 3.05) is 7.11 Å². The van der Waals surface area contributed by atoms with Gasteiger partial charge in [-0.15, -0.1) is 0 Å². The number of H-pyrrole nitrogens is 1. The van der Waals surface area contributed by atoms with Crippen LogP contribution in [-0.2, 0) is 25.7 Å². The Bertz CT molecular complexity index is 1490. The van der Waals surface area contributed by atoms with E-state index in [0.29, 0.717) is 28.1 Å². The summed E-state index contributed by atoms with van der Waals surface area (Å²) in [5, 5.41) is 0.883. The maximum absolute atomic E-state index is 13.3. The quantitative estimate of drug-likeness (QED) is 0.175. The number of nitrogens with one attached hydrogen (secondary N) is 1. The summed E-state index contributed by atoms with van der Waals surface area (Å²) in [5.74, 6) is -3.60. The molecule has 3 aromatic carbocycles. The zero-order valence-corrected chi connectivity index (χ0v) is 24.1. The van der Waals surface area contributed by atoms with Crippen LogP contribution >= 0.6 is 31.9 Å². The summed E-state index contributed by atoms with van der Waals surface area (Å²) in [7, 11) is 1.55. The molecule has 1 N–H and O–H groups in total. The van der Waals surface area contributed by atoms with Gasteiger partial charge in [0, 0.05) is 41.3 Å². The molecule has 1 aliphatic rings. The zero-order valence-electron chi connectivity index (χ0n) is 20.9. The summed E-state index contributed by atoms with van der Waals surface area (Å²) >= 11 is 7.06. The number of cyclic esters (lactones) is 2. The Morgan fingerprint density at radius 3 is 2.37 bits per heavy atom. The molecule has 1 saturated heterocycles. The van der Waals surface area contributed by atoms with Gasteiger partial charge in [-0.3, -0.25) is 9.59 Å². The van der Waals surface area contributed by atoms with Crippen molar-refractivity contribution < 1.29 is 28.5 Å². The van der Waals surface area contributed by atoms with Crippen LogP contribution in [0.4, 0.5) is 0 Å². The molecular formula is C29H25Br2NO6. The highest BCUT2D eigenvalue weighted by Gasteiger charge is 2.49. The molecule has 4 aromatic rings. The zero-order chi connectivity index (χ0) is 27.0. The van der Waals surface area contributed by atoms with Gasteiger partial charge >= 0.3 is 11.9 Å². The average Bonchev–Trinajstić information content (AvgIpc) is 3.29. The molecule has 1 atom stereocenters. The van der Waals surface area contributed by atoms with Gasteiger partial charge in [-0.1, -0.05) is 46.3 Å². The van der Waals surface area contributed by atoms with Crippen molar-refractivity contribution in [3.8, 4) is 11.5 Å². The van der Waals surface area contributed by atoms with Crippen molar-refractivity contribution >= 4 is 54.7 Å². The van der Waals surface area contributed by atoms with E-state index in [9.17, 15) is 9.59 Å². The number of ether oxygens (including phenoxy) is 4. The minimum Gasteiger partial charge on any atom is -0.493 e. The van der Waals surface area contributed by atoms with Crippen molar-refractivity contribution in [1.29, 1.82) is 0 Å². The fourth-order valence-electron chi connectivity index (χ4n) is 4.70. The van der Waals surface area contributed by atoms with E-state index >= 15 is 0 Å². The predicted octanol–water partition coefficient (Wildman–Crippen LogP) is 6.86. The first-order valence-electron chi connectivity index (χ1n) is 11.9. The first-order chi connectivity index (χ1) is 18.2. The number of benzene rings is 3. The fourth-order valence-corrected chi connectivity index (χ4v) is 5.54. The molecule has 7 nitrogen and oxygen atoms in total. The second kappa shape index (κ2) is 10.5. The smallest absolute Gasteiger partial charge is 0.324 e. The summed E-state index contributed by atoms with van der Waals surface area (Å²) in [6.45, 7) is 3.40. The lowest BCUT2D eigenvalue weighted by Crippen LogP contribution is -2.48. The highest BCUT2D eigenvalue weighted by molar-refractivity contribution is 9.10. The van der Waals surface area contributed by atoms with Gasteiger partial charge in [-0.05, 0) is 63.0 Å². The van der Waals surface area contributed by atoms with Gasteiger partial charge in [0.15, 0.2) is 17.4 Å². The van der Waals surface area contributed by atoms with Crippen molar-refractivity contribution in [1.82, 2.24) is 4.98 Å². The van der Waals surface area contributed by atoms with Gasteiger partial charge in [0.05, 0.1) is 11.6 Å². The number of aromatic nitrogens is 1. The van der Waals surface area contributed by atoms with Gasteiger partial charge in [0.2, 0.25) is 0 Å². The van der Waals surface area contributed by atoms with Gasteiger partial charge in [0.1, 0.15) is 6.61 Å². The molecule has 0 amide bonds. The molecule has 38 heavy (non-hydrogen) atoms. The van der Waals surface area contributed by atoms with Crippen LogP contribution in [0.15, 0.2) is 75.8 Å². The van der Waals surface area contributed by atoms with Crippen molar-refractivity contribution in [2.45, 2.75) is 32.2 Å². The molecule has 5 rings (SSSR count). The molecular weight excluding hydrogens is 618 g/mol. The van der Waals surface area contributed by atoms with E-state index in [-0.39, 0.29) is 0 Å². The average molecular weight is 643 g/mol. The van der Waals surface area contributed by atoms with E-state index in [1.165, 1.54) is 13.8 Å². The molecule has 0 unspecified atom stereocenters. The minimum atomic E-state index is -1.33. The molecule has 196 valence electrons. The number of hydrogen-bond acceptors (Lipinski definition) is 6. The van der Waals surface area contributed by atoms with Gasteiger partial charge in [0.25, 0.3) is 5.79 Å². The number of esters is 2. The molecule has 0 bridgehead atoms. The minimum absolute atomic E-state index is 0.323. The van der Waals surface area contributed by atoms with Crippen molar-refractivity contribution in [3.63, 3.8) is 0 Å². The van der Waals surface area contributed by atoms with Gasteiger partial charge in [-0.25, -0.2) is 0 Å². The standard InChI is InChI=1S/C29H25Br2NO6/c1-29(2)37-27(33)25(28(34)38-29)24(20-14-32-22-7-5-4-6-19(20)22)17-12-21(31)26(23(13-17)35-3)36-15-16-8-10-18(30)11-9-16/h4-14,24-25,32H,15H2,1-3H3/t24-/m0/s1. The fraction of sp³-hybridized carbons (Fsp3) is 0.241. The number of rotatable bonds is 7. The molecule has 1 aliphatic heterocycles. The van der Waals surface area contributed by atoms with E-state index in [4.69, 9.17) is 18.9 Å². The second-order valence-corrected chi connectivity index (χ2v) is 11.2. The Kier molecular flexibility index (Phi) is 7.24. The summed E-state index contributed by atoms with van der Waals surface area (Å²) in [6, 6.07) is 19.2. The van der Waals surface area contributed by atoms with Crippen molar-refractivity contribution in [2.24, 2.45) is 5.92 Å². The maximum atomic E-state index is 13.3. The number of halogens is 2. The molecule has 0 aliphatic carbocycles. The van der Waals surface area contributed by atoms with Crippen LogP contribution in [0.25, 0.3) is 10.9 Å². The maximum Gasteiger partial charge on any atom is 0.324 e. The van der Waals surface area contributed by atoms with Crippen LogP contribution in [0, 0.1) is 5.92 Å². The third kappa shape index (κ3) is 5.17. The number of aromatic amines is 1. The van der Waals surface area contributed by atoms with Gasteiger partial charge in [-0.2, -0.15) is 0 Å². The molecule has 0 saturated carbocycles. The first-order valence-corrected chi connectivity index (χ1v) is 13.5. The summed E-state index contributed by atoms with van der Waals surface area (Å²) in [4.78, 5) is 29.7. The Morgan fingerprint density at radius 2 is 1.68 bits per heavy atom. The Labute approximate surface area is 236 Å². The number of para-hydroxylation sites is 1. The number of carbonyl (C=O) groups excluding carboxylic acids is 2. The third-order valence-electron chi connectivity index (χ3n) is 6.40. The normalized spacial score (nSPS) is 16.1. The van der Waals surface area contributed by atoms with Crippen LogP contribution in [0.3, 0.4) is 0 Å². The molecule has 1 aromatic heterocycles. The predicted molar refractivity (Wildman–Crippen MR) is 149 cm³/mol. The summed E-state index contributed by atoms with van der Waals surface area (Å²) in [6.07, 6.45) is 1.81. The van der Waals surface area contributed by atoms with E-state index in [1.807, 2.05) is 60.8 Å². The summed E-state index contributed by atoms with van der Waals surface area (Å²) < 4.78 is 24.4. The summed E-state index contributed by atoms with van der Waals surface area (Å²) in [5.41, 5.74) is 3.29. The highest BCUT2D eigenvalue weighted by atomic mass is 79.9. The molecule has 0 radical (unpaired) electrons. The van der Waals surface area contributed by atoms with Crippen LogP contribution in [-0.4, -0.2) is 29.8 Å². The van der Waals surface area contributed by atoms with E-state index < -0.39 is 29.6 Å². The number of fused-ring (bicyclic) bond motifs is 1. The number of hydrogen-bond donors (Lipinski definition) is 1. The van der Waals surface area contributed by atoms with Gasteiger partial charge < -0.3 is 23.9 Å². The lowest BCUT2D eigenvalue weighted by atomic mass is 9.80. The third-order valence-corrected chi connectivity index (χ3v) is 7.52. The number of methoxy groups -OCH3 is 1. The van der Waals surface area contributed by atoms with Crippen LogP contribution in [0.2, 0.25) is 0 Å². The van der Waals surface area contributed by atoms with Crippen molar-refractivity contribution in [3.05, 3.63) is 92.5 Å². The Balaban J connectivity index is 1.59. The highest BCUT2D eigenvalue weighted by Crippen LogP contribution is 2.45. The van der Waals surface area contributed by atoms with E-state index in [1.54, 1.807) is 13.2 Å². The van der Waals surface area contributed by atoms with Crippen LogP contribution in [0.5, 0.6) is 11.5 Å². The molecule has 2 heterocycles. The van der Waals surface area contributed by atoms with Crippen LogP contribution < -0.4 is 9.47 Å². The van der Waals surface area contributed by atoms with Crippen LogP contribution in [0.1, 0.15) is 36.5 Å². The lowest BCUT2D eigenvalue weighted by Gasteiger charge is -2.36. The van der Waals surface area contributed by atoms with E-state index in [0.717, 1.165) is 26.5 Å². The molecule has 1 fully saturated rings. The second-order valence-electron chi connectivity index (χ2n) is 9.44. The molecule has 9 heteroatoms. The lowest BCUT2D eigenvalue weighted by molar-refractivity contribution is -0.240. The SMILES string of the molecule is COc1cc([C@@H](c2c[nH]c3ccccc23)C2C(=O)OC(C)(C)OC2=O)cc(Br)c1OCc1ccc(Br)cc1. The Morgan fingerprint density at radius 1 is 1.00 bits per heavy atom. The topological polar surface area (TPSA) is 86.9 Å². The molecule has 0 spiro atoms. The number of carbonyl (C=O) groups is 2. The monoisotopic (exact) mass is 641 g/mol. The largest absolute Gasteiger partial charge is 0.493 e. The first kappa shape index (κ1) is 26.3. The Hall–Kier alpha value is -3.30. The van der Waals surface area contributed by atoms with E-state index in [2.05, 4.69) is 36.8 Å².